The summed E-state index contributed by atoms with van der Waals surface area (Å²) in [5, 5.41) is 4.93. The Balaban J connectivity index is 1.39. The number of rotatable bonds is 5. The van der Waals surface area contributed by atoms with Crippen LogP contribution in [0.2, 0.25) is 0 Å². The number of para-hydroxylation sites is 1. The minimum Gasteiger partial charge on any atom is -0.455 e. The fourth-order valence-corrected chi connectivity index (χ4v) is 3.08. The molecule has 130 valence electrons. The summed E-state index contributed by atoms with van der Waals surface area (Å²) in [4.78, 5) is 19.5. The van der Waals surface area contributed by atoms with Crippen LogP contribution in [0.5, 0.6) is 0 Å². The highest BCUT2D eigenvalue weighted by molar-refractivity contribution is 9.10. The van der Waals surface area contributed by atoms with Crippen LogP contribution < -0.4 is 0 Å². The normalized spacial score (nSPS) is 11.0. The third-order valence-corrected chi connectivity index (χ3v) is 4.41. The lowest BCUT2D eigenvalue weighted by Crippen LogP contribution is -2.07. The SMILES string of the molecule is O=C(Cc1c[nH]c2ccccc12)OCc1nc(-c2cccc(Br)c2)no1. The number of nitrogens with zero attached hydrogens (tertiary/aromatic N) is 2. The number of aromatic amines is 1. The number of aromatic nitrogens is 3. The number of fused-ring (bicyclic) bond motifs is 1. The van der Waals surface area contributed by atoms with Crippen LogP contribution in [0.4, 0.5) is 0 Å². The molecule has 0 bridgehead atoms. The zero-order valence-corrected chi connectivity index (χ0v) is 15.2. The minimum atomic E-state index is -0.350. The number of hydrogen-bond acceptors (Lipinski definition) is 5. The number of halogens is 1. The van der Waals surface area contributed by atoms with E-state index in [1.54, 1.807) is 0 Å². The molecular formula is C19H14BrN3O3. The molecule has 6 nitrogen and oxygen atoms in total. The highest BCUT2D eigenvalue weighted by atomic mass is 79.9. The molecule has 7 heteroatoms. The van der Waals surface area contributed by atoms with E-state index in [9.17, 15) is 4.79 Å². The van der Waals surface area contributed by atoms with Gasteiger partial charge in [-0.25, -0.2) is 0 Å². The average molecular weight is 412 g/mol. The van der Waals surface area contributed by atoms with Crippen molar-refractivity contribution in [3.05, 3.63) is 70.7 Å². The quantitative estimate of drug-likeness (QED) is 0.496. The lowest BCUT2D eigenvalue weighted by Gasteiger charge is -2.01. The molecule has 0 aliphatic rings. The van der Waals surface area contributed by atoms with Gasteiger partial charge in [-0.1, -0.05) is 51.4 Å². The lowest BCUT2D eigenvalue weighted by atomic mass is 10.1. The fourth-order valence-electron chi connectivity index (χ4n) is 2.68. The number of ether oxygens (including phenoxy) is 1. The van der Waals surface area contributed by atoms with Gasteiger partial charge in [0.25, 0.3) is 5.89 Å². The largest absolute Gasteiger partial charge is 0.455 e. The molecule has 2 heterocycles. The second-order valence-corrected chi connectivity index (χ2v) is 6.63. The molecule has 0 fully saturated rings. The highest BCUT2D eigenvalue weighted by Crippen LogP contribution is 2.21. The molecular weight excluding hydrogens is 398 g/mol. The molecule has 0 aliphatic heterocycles. The predicted octanol–water partition coefficient (Wildman–Crippen LogP) is 4.27. The van der Waals surface area contributed by atoms with Gasteiger partial charge in [0.1, 0.15) is 0 Å². The summed E-state index contributed by atoms with van der Waals surface area (Å²) in [6.45, 7) is -0.0534. The monoisotopic (exact) mass is 411 g/mol. The molecule has 0 saturated heterocycles. The van der Waals surface area contributed by atoms with Crippen LogP contribution in [-0.4, -0.2) is 21.1 Å². The van der Waals surface area contributed by atoms with Crippen molar-refractivity contribution in [2.75, 3.05) is 0 Å². The average Bonchev–Trinajstić information content (AvgIpc) is 3.28. The maximum absolute atomic E-state index is 12.1. The zero-order chi connectivity index (χ0) is 17.9. The van der Waals surface area contributed by atoms with Gasteiger partial charge in [-0.15, -0.1) is 0 Å². The van der Waals surface area contributed by atoms with E-state index >= 15 is 0 Å². The van der Waals surface area contributed by atoms with Gasteiger partial charge in [0.2, 0.25) is 5.82 Å². The van der Waals surface area contributed by atoms with Crippen LogP contribution in [0.15, 0.2) is 63.7 Å². The Morgan fingerprint density at radius 3 is 2.96 bits per heavy atom. The maximum atomic E-state index is 12.1. The van der Waals surface area contributed by atoms with E-state index in [0.29, 0.717) is 5.82 Å². The van der Waals surface area contributed by atoms with Crippen LogP contribution in [-0.2, 0) is 22.6 Å². The molecule has 0 aliphatic carbocycles. The summed E-state index contributed by atoms with van der Waals surface area (Å²) in [5.74, 6) is 0.359. The summed E-state index contributed by atoms with van der Waals surface area (Å²) in [6, 6.07) is 15.4. The molecule has 2 aromatic heterocycles. The molecule has 0 spiro atoms. The third kappa shape index (κ3) is 3.52. The summed E-state index contributed by atoms with van der Waals surface area (Å²) in [6.07, 6.45) is 2.00. The van der Waals surface area contributed by atoms with E-state index in [1.165, 1.54) is 0 Å². The third-order valence-electron chi connectivity index (χ3n) is 3.92. The number of carbonyl (C=O) groups is 1. The Hall–Kier alpha value is -2.93. The summed E-state index contributed by atoms with van der Waals surface area (Å²) >= 11 is 3.40. The van der Waals surface area contributed by atoms with Gasteiger partial charge >= 0.3 is 5.97 Å². The van der Waals surface area contributed by atoms with Gasteiger partial charge in [-0.05, 0) is 23.8 Å². The van der Waals surface area contributed by atoms with E-state index in [1.807, 2.05) is 54.7 Å². The van der Waals surface area contributed by atoms with Gasteiger partial charge in [-0.3, -0.25) is 4.79 Å². The van der Waals surface area contributed by atoms with Crippen molar-refractivity contribution in [2.24, 2.45) is 0 Å². The van der Waals surface area contributed by atoms with Gasteiger partial charge in [0, 0.05) is 27.1 Å². The van der Waals surface area contributed by atoms with Crippen molar-refractivity contribution >= 4 is 32.8 Å². The van der Waals surface area contributed by atoms with Gasteiger partial charge < -0.3 is 14.2 Å². The van der Waals surface area contributed by atoms with Crippen LogP contribution in [0.3, 0.4) is 0 Å². The molecule has 0 unspecified atom stereocenters. The van der Waals surface area contributed by atoms with E-state index in [2.05, 4.69) is 31.1 Å². The molecule has 2 aromatic carbocycles. The van der Waals surface area contributed by atoms with E-state index in [0.717, 1.165) is 26.5 Å². The van der Waals surface area contributed by atoms with Crippen LogP contribution in [0, 0.1) is 0 Å². The molecule has 0 radical (unpaired) electrons. The predicted molar refractivity (Wildman–Crippen MR) is 99.2 cm³/mol. The Labute approximate surface area is 157 Å². The van der Waals surface area contributed by atoms with Crippen molar-refractivity contribution < 1.29 is 14.1 Å². The molecule has 0 amide bonds. The molecule has 4 rings (SSSR count). The lowest BCUT2D eigenvalue weighted by molar-refractivity contribution is -0.144. The Morgan fingerprint density at radius 2 is 2.08 bits per heavy atom. The first-order chi connectivity index (χ1) is 12.7. The Bertz CT molecular complexity index is 1070. The first kappa shape index (κ1) is 16.5. The van der Waals surface area contributed by atoms with E-state index in [-0.39, 0.29) is 24.9 Å². The van der Waals surface area contributed by atoms with Crippen molar-refractivity contribution in [1.82, 2.24) is 15.1 Å². The topological polar surface area (TPSA) is 81.0 Å². The number of H-pyrrole nitrogens is 1. The van der Waals surface area contributed by atoms with Crippen molar-refractivity contribution in [3.63, 3.8) is 0 Å². The van der Waals surface area contributed by atoms with Gasteiger partial charge in [-0.2, -0.15) is 4.98 Å². The van der Waals surface area contributed by atoms with Gasteiger partial charge in [0.05, 0.1) is 6.42 Å². The van der Waals surface area contributed by atoms with Gasteiger partial charge in [0.15, 0.2) is 6.61 Å². The summed E-state index contributed by atoms with van der Waals surface area (Å²) < 4.78 is 11.3. The standard InChI is InChI=1S/C19H14BrN3O3/c20-14-5-3-4-12(8-14)19-22-17(26-23-19)11-25-18(24)9-13-10-21-16-7-2-1-6-15(13)16/h1-8,10,21H,9,11H2. The second kappa shape index (κ2) is 7.13. The van der Waals surface area contributed by atoms with Crippen molar-refractivity contribution in [3.8, 4) is 11.4 Å². The first-order valence-electron chi connectivity index (χ1n) is 7.98. The maximum Gasteiger partial charge on any atom is 0.310 e. The highest BCUT2D eigenvalue weighted by Gasteiger charge is 2.13. The first-order valence-corrected chi connectivity index (χ1v) is 8.77. The Morgan fingerprint density at radius 1 is 1.19 bits per heavy atom. The fraction of sp³-hybridized carbons (Fsp3) is 0.105. The number of esters is 1. The van der Waals surface area contributed by atoms with Crippen molar-refractivity contribution in [2.45, 2.75) is 13.0 Å². The van der Waals surface area contributed by atoms with Crippen LogP contribution in [0.25, 0.3) is 22.3 Å². The number of carbonyl (C=O) groups excluding carboxylic acids is 1. The summed E-state index contributed by atoms with van der Waals surface area (Å²) in [7, 11) is 0. The Kier molecular flexibility index (Phi) is 4.53. The molecule has 0 atom stereocenters. The summed E-state index contributed by atoms with van der Waals surface area (Å²) in [5.41, 5.74) is 2.70. The smallest absolute Gasteiger partial charge is 0.310 e. The van der Waals surface area contributed by atoms with Crippen LogP contribution >= 0.6 is 15.9 Å². The number of nitrogens with one attached hydrogen (secondary N) is 1. The zero-order valence-electron chi connectivity index (χ0n) is 13.6. The minimum absolute atomic E-state index is 0.0534. The number of benzene rings is 2. The second-order valence-electron chi connectivity index (χ2n) is 5.72. The van der Waals surface area contributed by atoms with E-state index < -0.39 is 0 Å². The molecule has 4 aromatic rings. The molecule has 26 heavy (non-hydrogen) atoms. The van der Waals surface area contributed by atoms with Crippen LogP contribution in [0.1, 0.15) is 11.5 Å². The van der Waals surface area contributed by atoms with E-state index in [4.69, 9.17) is 9.26 Å². The number of hydrogen-bond donors (Lipinski definition) is 1. The van der Waals surface area contributed by atoms with Crippen molar-refractivity contribution in [1.29, 1.82) is 0 Å². The molecule has 0 saturated carbocycles. The molecule has 1 N–H and O–H groups in total.